The molecule has 0 bridgehead atoms. The van der Waals surface area contributed by atoms with Gasteiger partial charge in [-0.3, -0.25) is 19.7 Å². The first kappa shape index (κ1) is 30.6. The molecule has 1 saturated carbocycles. The van der Waals surface area contributed by atoms with Crippen molar-refractivity contribution in [2.45, 2.75) is 82.8 Å². The first-order valence-electron chi connectivity index (χ1n) is 14.0. The first-order valence-corrected chi connectivity index (χ1v) is 14.4. The number of hydrogen-bond donors (Lipinski definition) is 0. The number of amides is 2. The third-order valence-corrected chi connectivity index (χ3v) is 8.10. The average Bonchev–Trinajstić information content (AvgIpc) is 3.15. The van der Waals surface area contributed by atoms with Crippen LogP contribution in [0.25, 0.3) is 0 Å². The summed E-state index contributed by atoms with van der Waals surface area (Å²) in [7, 11) is 0. The van der Waals surface area contributed by atoms with Crippen molar-refractivity contribution in [1.82, 2.24) is 14.9 Å². The van der Waals surface area contributed by atoms with Gasteiger partial charge >= 0.3 is 12.3 Å². The van der Waals surface area contributed by atoms with Gasteiger partial charge < -0.3 is 19.3 Å². The lowest BCUT2D eigenvalue weighted by molar-refractivity contribution is -0.138. The maximum atomic E-state index is 13.8. The summed E-state index contributed by atoms with van der Waals surface area (Å²) in [6.07, 6.45) is 0.546. The summed E-state index contributed by atoms with van der Waals surface area (Å²) < 4.78 is 53.0. The van der Waals surface area contributed by atoms with E-state index in [2.05, 4.69) is 21.7 Å². The number of alkyl halides is 3. The monoisotopic (exact) mass is 618 g/mol. The van der Waals surface area contributed by atoms with Crippen LogP contribution >= 0.6 is 12.2 Å². The molecule has 14 heteroatoms. The Kier molecular flexibility index (Phi) is 8.09. The molecule has 10 nitrogen and oxygen atoms in total. The van der Waals surface area contributed by atoms with Crippen LogP contribution in [0.2, 0.25) is 0 Å². The predicted octanol–water partition coefficient (Wildman–Crippen LogP) is 5.54. The van der Waals surface area contributed by atoms with Crippen LogP contribution in [0.1, 0.15) is 64.1 Å². The van der Waals surface area contributed by atoms with Crippen molar-refractivity contribution in [2.75, 3.05) is 22.9 Å². The number of thiocarbonyl (C=S) groups is 1. The predicted molar refractivity (Wildman–Crippen MR) is 157 cm³/mol. The highest BCUT2D eigenvalue weighted by atomic mass is 32.1. The molecule has 3 aliphatic rings. The zero-order chi connectivity index (χ0) is 31.2. The Balaban J connectivity index is 1.31. The standard InChI is InChI=1S/C29H33F3N6O4S/c1-27(2,3)42-26(40)36-12-8-20(9-13-36)41-23-7-6-18(15-35-23)38-25(43)37(24(39)28(38)10-5-11-28)19-14-21(29(30,31)32)22(17-33-4)34-16-19/h6-7,14-16,20H,4-5,8-13,17H2,1-3H3. The normalized spacial score (nSPS) is 19.1. The van der Waals surface area contributed by atoms with E-state index in [4.69, 9.17) is 21.7 Å². The van der Waals surface area contributed by atoms with Crippen molar-refractivity contribution in [3.63, 3.8) is 0 Å². The van der Waals surface area contributed by atoms with Crippen molar-refractivity contribution in [1.29, 1.82) is 0 Å². The molecule has 1 aliphatic carbocycles. The molecule has 1 spiro atoms. The summed E-state index contributed by atoms with van der Waals surface area (Å²) in [6, 6.07) is 4.30. The van der Waals surface area contributed by atoms with Crippen LogP contribution in [0.4, 0.5) is 29.3 Å². The molecule has 5 rings (SSSR count). The highest BCUT2D eigenvalue weighted by Gasteiger charge is 2.60. The number of carbonyl (C=O) groups excluding carboxylic acids is 2. The topological polar surface area (TPSA) is 100 Å². The number of hydrogen-bond acceptors (Lipinski definition) is 8. The van der Waals surface area contributed by atoms with Gasteiger partial charge in [0.25, 0.3) is 5.91 Å². The summed E-state index contributed by atoms with van der Waals surface area (Å²) in [5, 5.41) is 0.0548. The van der Waals surface area contributed by atoms with E-state index in [1.54, 1.807) is 28.1 Å². The van der Waals surface area contributed by atoms with Crippen LogP contribution in [-0.2, 0) is 22.3 Å². The molecule has 2 aromatic rings. The summed E-state index contributed by atoms with van der Waals surface area (Å²) in [5.41, 5.74) is -2.37. The molecule has 0 unspecified atom stereocenters. The van der Waals surface area contributed by atoms with E-state index in [-0.39, 0.29) is 35.2 Å². The average molecular weight is 619 g/mol. The number of anilines is 2. The van der Waals surface area contributed by atoms with Crippen molar-refractivity contribution in [3.8, 4) is 5.88 Å². The molecule has 2 amide bonds. The summed E-state index contributed by atoms with van der Waals surface area (Å²) in [4.78, 5) is 42.5. The number of pyridine rings is 2. The van der Waals surface area contributed by atoms with E-state index in [0.717, 1.165) is 17.4 Å². The third-order valence-electron chi connectivity index (χ3n) is 7.73. The molecular formula is C29H33F3N6O4S. The SMILES string of the molecule is C=NCc1ncc(N2C(=O)C3(CCC3)N(c3ccc(OC4CCN(C(=O)OC(C)(C)C)CC4)nc3)C2=S)cc1C(F)(F)F. The Labute approximate surface area is 252 Å². The number of aliphatic imine (C=N–C) groups is 1. The second kappa shape index (κ2) is 11.4. The highest BCUT2D eigenvalue weighted by Crippen LogP contribution is 2.48. The van der Waals surface area contributed by atoms with Crippen LogP contribution in [-0.4, -0.2) is 69.0 Å². The number of halogens is 3. The molecule has 0 N–H and O–H groups in total. The summed E-state index contributed by atoms with van der Waals surface area (Å²) in [5.74, 6) is -0.0220. The van der Waals surface area contributed by atoms with Crippen LogP contribution in [0.15, 0.2) is 35.6 Å². The van der Waals surface area contributed by atoms with Crippen LogP contribution < -0.4 is 14.5 Å². The second-order valence-corrected chi connectivity index (χ2v) is 12.2. The Hall–Kier alpha value is -3.81. The molecule has 43 heavy (non-hydrogen) atoms. The second-order valence-electron chi connectivity index (χ2n) is 11.9. The van der Waals surface area contributed by atoms with E-state index >= 15 is 0 Å². The van der Waals surface area contributed by atoms with Crippen LogP contribution in [0, 0.1) is 0 Å². The zero-order valence-electron chi connectivity index (χ0n) is 24.2. The molecule has 4 heterocycles. The fourth-order valence-electron chi connectivity index (χ4n) is 5.52. The fourth-order valence-corrected chi connectivity index (χ4v) is 5.99. The lowest BCUT2D eigenvalue weighted by Crippen LogP contribution is -2.55. The number of nitrogens with zero attached hydrogens (tertiary/aromatic N) is 6. The van der Waals surface area contributed by atoms with Crippen LogP contribution in [0.5, 0.6) is 5.88 Å². The van der Waals surface area contributed by atoms with Gasteiger partial charge in [0.2, 0.25) is 5.88 Å². The smallest absolute Gasteiger partial charge is 0.418 e. The van der Waals surface area contributed by atoms with Gasteiger partial charge in [-0.05, 0) is 71.1 Å². The largest absolute Gasteiger partial charge is 0.474 e. The molecule has 0 aromatic carbocycles. The molecule has 0 radical (unpaired) electrons. The highest BCUT2D eigenvalue weighted by molar-refractivity contribution is 7.81. The van der Waals surface area contributed by atoms with E-state index in [1.807, 2.05) is 20.8 Å². The fraction of sp³-hybridized carbons (Fsp3) is 0.517. The number of rotatable bonds is 6. The number of likely N-dealkylation sites (tertiary alicyclic amines) is 1. The van der Waals surface area contributed by atoms with Gasteiger partial charge in [-0.2, -0.15) is 13.2 Å². The van der Waals surface area contributed by atoms with Crippen molar-refractivity contribution in [2.24, 2.45) is 4.99 Å². The van der Waals surface area contributed by atoms with Gasteiger partial charge in [-0.25, -0.2) is 9.78 Å². The van der Waals surface area contributed by atoms with Crippen molar-refractivity contribution >= 4 is 47.4 Å². The van der Waals surface area contributed by atoms with E-state index < -0.39 is 28.8 Å². The number of aromatic nitrogens is 2. The minimum Gasteiger partial charge on any atom is -0.474 e. The van der Waals surface area contributed by atoms with Gasteiger partial charge in [0, 0.05) is 32.0 Å². The molecule has 2 saturated heterocycles. The Morgan fingerprint density at radius 1 is 1.14 bits per heavy atom. The van der Waals surface area contributed by atoms with Crippen LogP contribution in [0.3, 0.4) is 0 Å². The van der Waals surface area contributed by atoms with Gasteiger partial charge in [0.1, 0.15) is 17.2 Å². The molecule has 0 atom stereocenters. The lowest BCUT2D eigenvalue weighted by atomic mass is 9.75. The zero-order valence-corrected chi connectivity index (χ0v) is 25.0. The van der Waals surface area contributed by atoms with Gasteiger partial charge in [-0.1, -0.05) is 0 Å². The van der Waals surface area contributed by atoms with Gasteiger partial charge in [-0.15, -0.1) is 0 Å². The molecular weight excluding hydrogens is 585 g/mol. The number of piperidine rings is 1. The summed E-state index contributed by atoms with van der Waals surface area (Å²) in [6.45, 7) is 9.41. The van der Waals surface area contributed by atoms with Gasteiger partial charge in [0.15, 0.2) is 5.11 Å². The molecule has 3 fully saturated rings. The molecule has 230 valence electrons. The third kappa shape index (κ3) is 6.01. The van der Waals surface area contributed by atoms with Crippen molar-refractivity contribution in [3.05, 3.63) is 41.9 Å². The summed E-state index contributed by atoms with van der Waals surface area (Å²) >= 11 is 5.69. The Morgan fingerprint density at radius 3 is 2.35 bits per heavy atom. The quantitative estimate of drug-likeness (QED) is 0.308. The number of carbonyl (C=O) groups is 2. The maximum absolute atomic E-state index is 13.8. The number of ether oxygens (including phenoxy) is 2. The van der Waals surface area contributed by atoms with Crippen molar-refractivity contribution < 1.29 is 32.2 Å². The minimum atomic E-state index is -4.70. The molecule has 2 aromatic heterocycles. The Morgan fingerprint density at radius 2 is 1.81 bits per heavy atom. The lowest BCUT2D eigenvalue weighted by Gasteiger charge is -2.42. The minimum absolute atomic E-state index is 0.0548. The van der Waals surface area contributed by atoms with E-state index in [1.165, 1.54) is 6.20 Å². The van der Waals surface area contributed by atoms with E-state index in [9.17, 15) is 22.8 Å². The molecule has 2 aliphatic heterocycles. The maximum Gasteiger partial charge on any atom is 0.418 e. The Bertz CT molecular complexity index is 1420. The van der Waals surface area contributed by atoms with E-state index in [0.29, 0.717) is 50.3 Å². The first-order chi connectivity index (χ1) is 20.2. The van der Waals surface area contributed by atoms with Gasteiger partial charge in [0.05, 0.1) is 41.6 Å².